The topological polar surface area (TPSA) is 26.3 Å². The van der Waals surface area contributed by atoms with Crippen LogP contribution in [0.5, 0.6) is 5.75 Å². The largest absolute Gasteiger partial charge is 0.486 e. The summed E-state index contributed by atoms with van der Waals surface area (Å²) < 4.78 is 5.43. The lowest BCUT2D eigenvalue weighted by atomic mass is 10.0. The van der Waals surface area contributed by atoms with E-state index in [0.29, 0.717) is 17.2 Å². The van der Waals surface area contributed by atoms with Crippen molar-refractivity contribution in [2.75, 3.05) is 6.61 Å². The van der Waals surface area contributed by atoms with Gasteiger partial charge in [-0.2, -0.15) is 0 Å². The van der Waals surface area contributed by atoms with Crippen molar-refractivity contribution in [3.8, 4) is 5.75 Å². The Morgan fingerprint density at radius 1 is 1.11 bits per heavy atom. The number of hydrogen-bond acceptors (Lipinski definition) is 2. The van der Waals surface area contributed by atoms with Crippen LogP contribution in [0, 0.1) is 6.92 Å². The van der Waals surface area contributed by atoms with Crippen LogP contribution in [-0.4, -0.2) is 12.4 Å². The summed E-state index contributed by atoms with van der Waals surface area (Å²) in [7, 11) is 0. The number of carbonyl (C=O) groups excluding carboxylic acids is 1. The molecule has 0 atom stereocenters. The average molecular weight is 275 g/mol. The molecule has 0 heterocycles. The molecule has 2 rings (SSSR count). The summed E-state index contributed by atoms with van der Waals surface area (Å²) in [5.41, 5.74) is 2.18. The van der Waals surface area contributed by atoms with Gasteiger partial charge in [-0.25, -0.2) is 0 Å². The number of carbonyl (C=O) groups is 1. The van der Waals surface area contributed by atoms with Crippen molar-refractivity contribution >= 4 is 17.4 Å². The maximum atomic E-state index is 11.9. The van der Waals surface area contributed by atoms with Gasteiger partial charge in [0.1, 0.15) is 12.4 Å². The minimum absolute atomic E-state index is 0.0595. The molecule has 2 nitrogen and oxygen atoms in total. The summed E-state index contributed by atoms with van der Waals surface area (Å²) in [6.07, 6.45) is 0.403. The van der Waals surface area contributed by atoms with E-state index in [0.717, 1.165) is 11.1 Å². The molecule has 0 saturated heterocycles. The summed E-state index contributed by atoms with van der Waals surface area (Å²) in [6.45, 7) is 2.08. The first-order valence-electron chi connectivity index (χ1n) is 6.10. The molecular formula is C16H15ClO2. The monoisotopic (exact) mass is 274 g/mol. The lowest BCUT2D eigenvalue weighted by molar-refractivity contribution is -0.120. The molecule has 98 valence electrons. The molecule has 0 spiro atoms. The molecule has 0 fully saturated rings. The van der Waals surface area contributed by atoms with Gasteiger partial charge in [0.05, 0.1) is 0 Å². The first-order chi connectivity index (χ1) is 9.15. The van der Waals surface area contributed by atoms with Gasteiger partial charge in [0, 0.05) is 11.4 Å². The van der Waals surface area contributed by atoms with Crippen LogP contribution < -0.4 is 4.74 Å². The molecule has 19 heavy (non-hydrogen) atoms. The van der Waals surface area contributed by atoms with E-state index in [1.54, 1.807) is 24.3 Å². The summed E-state index contributed by atoms with van der Waals surface area (Å²) in [5.74, 6) is 0.715. The number of rotatable bonds is 5. The third-order valence-corrected chi connectivity index (χ3v) is 3.11. The van der Waals surface area contributed by atoms with Gasteiger partial charge in [-0.05, 0) is 42.3 Å². The third-order valence-electron chi connectivity index (χ3n) is 2.86. The lowest BCUT2D eigenvalue weighted by Crippen LogP contribution is -2.14. The summed E-state index contributed by atoms with van der Waals surface area (Å²) in [5, 5.41) is 0.651. The molecule has 2 aromatic rings. The number of halogens is 1. The van der Waals surface area contributed by atoms with E-state index in [9.17, 15) is 4.79 Å². The van der Waals surface area contributed by atoms with Crippen molar-refractivity contribution in [2.24, 2.45) is 0 Å². The van der Waals surface area contributed by atoms with E-state index in [1.807, 2.05) is 31.2 Å². The molecule has 3 heteroatoms. The maximum Gasteiger partial charge on any atom is 0.174 e. The van der Waals surface area contributed by atoms with Crippen LogP contribution in [0.1, 0.15) is 11.1 Å². The van der Waals surface area contributed by atoms with E-state index in [4.69, 9.17) is 16.3 Å². The van der Waals surface area contributed by atoms with E-state index < -0.39 is 0 Å². The molecule has 0 aliphatic carbocycles. The van der Waals surface area contributed by atoms with E-state index in [2.05, 4.69) is 0 Å². The van der Waals surface area contributed by atoms with Crippen molar-refractivity contribution in [2.45, 2.75) is 13.3 Å². The number of ether oxygens (including phenoxy) is 1. The average Bonchev–Trinajstić information content (AvgIpc) is 2.41. The highest BCUT2D eigenvalue weighted by atomic mass is 35.5. The zero-order chi connectivity index (χ0) is 13.7. The normalized spacial score (nSPS) is 10.2. The molecule has 0 unspecified atom stereocenters. The number of Topliss-reactive ketones (excluding diaryl/α,β-unsaturated/α-hetero) is 1. The predicted molar refractivity (Wildman–Crippen MR) is 76.8 cm³/mol. The Bertz CT molecular complexity index is 561. The molecule has 0 aromatic heterocycles. The Balaban J connectivity index is 1.88. The smallest absolute Gasteiger partial charge is 0.174 e. The highest BCUT2D eigenvalue weighted by Gasteiger charge is 2.06. The molecule has 2 aromatic carbocycles. The second-order valence-corrected chi connectivity index (χ2v) is 4.82. The highest BCUT2D eigenvalue weighted by molar-refractivity contribution is 6.30. The number of benzene rings is 2. The third kappa shape index (κ3) is 4.11. The van der Waals surface area contributed by atoms with Gasteiger partial charge in [-0.3, -0.25) is 4.79 Å². The predicted octanol–water partition coefficient (Wildman–Crippen LogP) is 3.84. The first kappa shape index (κ1) is 13.6. The van der Waals surface area contributed by atoms with Crippen molar-refractivity contribution in [3.05, 3.63) is 64.7 Å². The molecule has 0 radical (unpaired) electrons. The van der Waals surface area contributed by atoms with Crippen LogP contribution in [0.15, 0.2) is 48.5 Å². The summed E-state index contributed by atoms with van der Waals surface area (Å²) in [4.78, 5) is 11.9. The molecule has 0 bridgehead atoms. The zero-order valence-corrected chi connectivity index (χ0v) is 11.5. The van der Waals surface area contributed by atoms with E-state index >= 15 is 0 Å². The molecule has 0 saturated carbocycles. The van der Waals surface area contributed by atoms with Crippen LogP contribution in [0.3, 0.4) is 0 Å². The van der Waals surface area contributed by atoms with Gasteiger partial charge in [-0.1, -0.05) is 35.9 Å². The molecule has 0 aliphatic heterocycles. The quantitative estimate of drug-likeness (QED) is 0.828. The molecule has 0 N–H and O–H groups in total. The van der Waals surface area contributed by atoms with Crippen LogP contribution in [0.2, 0.25) is 5.02 Å². The Kier molecular flexibility index (Phi) is 4.58. The van der Waals surface area contributed by atoms with Gasteiger partial charge in [-0.15, -0.1) is 0 Å². The van der Waals surface area contributed by atoms with E-state index in [-0.39, 0.29) is 12.4 Å². The number of ketones is 1. The Hall–Kier alpha value is -1.80. The fraction of sp³-hybridized carbons (Fsp3) is 0.188. The van der Waals surface area contributed by atoms with Gasteiger partial charge in [0.2, 0.25) is 0 Å². The summed E-state index contributed by atoms with van der Waals surface area (Å²) in [6, 6.07) is 14.9. The number of aryl methyl sites for hydroxylation is 1. The minimum atomic E-state index is 0.0595. The van der Waals surface area contributed by atoms with Gasteiger partial charge >= 0.3 is 0 Å². The van der Waals surface area contributed by atoms with Crippen molar-refractivity contribution < 1.29 is 9.53 Å². The summed E-state index contributed by atoms with van der Waals surface area (Å²) >= 11 is 5.78. The molecule has 0 aliphatic rings. The number of hydrogen-bond donors (Lipinski definition) is 0. The molecule has 0 amide bonds. The van der Waals surface area contributed by atoms with E-state index in [1.165, 1.54) is 0 Å². The lowest BCUT2D eigenvalue weighted by Gasteiger charge is -2.07. The van der Waals surface area contributed by atoms with Crippen LogP contribution >= 0.6 is 11.6 Å². The van der Waals surface area contributed by atoms with Gasteiger partial charge < -0.3 is 4.74 Å². The van der Waals surface area contributed by atoms with Gasteiger partial charge in [0.25, 0.3) is 0 Å². The van der Waals surface area contributed by atoms with Crippen molar-refractivity contribution in [1.82, 2.24) is 0 Å². The maximum absolute atomic E-state index is 11.9. The molecular weight excluding hydrogens is 260 g/mol. The van der Waals surface area contributed by atoms with Crippen LogP contribution in [-0.2, 0) is 11.2 Å². The Morgan fingerprint density at radius 2 is 1.79 bits per heavy atom. The fourth-order valence-corrected chi connectivity index (χ4v) is 1.89. The van der Waals surface area contributed by atoms with Crippen molar-refractivity contribution in [3.63, 3.8) is 0 Å². The second kappa shape index (κ2) is 6.39. The Morgan fingerprint density at radius 3 is 2.47 bits per heavy atom. The fourth-order valence-electron chi connectivity index (χ4n) is 1.77. The van der Waals surface area contributed by atoms with Gasteiger partial charge in [0.15, 0.2) is 5.78 Å². The minimum Gasteiger partial charge on any atom is -0.486 e. The van der Waals surface area contributed by atoms with Crippen LogP contribution in [0.25, 0.3) is 0 Å². The van der Waals surface area contributed by atoms with Crippen LogP contribution in [0.4, 0.5) is 0 Å². The highest BCUT2D eigenvalue weighted by Crippen LogP contribution is 2.15. The zero-order valence-electron chi connectivity index (χ0n) is 10.7. The first-order valence-corrected chi connectivity index (χ1v) is 6.47. The SMILES string of the molecule is Cc1ccccc1CC(=O)COc1ccc(Cl)cc1. The Labute approximate surface area is 118 Å². The standard InChI is InChI=1S/C16H15ClO2/c1-12-4-2-3-5-13(12)10-15(18)11-19-16-8-6-14(17)7-9-16/h2-9H,10-11H2,1H3. The van der Waals surface area contributed by atoms with Crippen molar-refractivity contribution in [1.29, 1.82) is 0 Å². The second-order valence-electron chi connectivity index (χ2n) is 4.38.